The van der Waals surface area contributed by atoms with Crippen LogP contribution in [0.3, 0.4) is 0 Å². The molecule has 3 aromatic rings. The molecule has 1 aromatic heterocycles. The third-order valence-electron chi connectivity index (χ3n) is 5.95. The van der Waals surface area contributed by atoms with Crippen molar-refractivity contribution in [2.45, 2.75) is 39.8 Å². The molecule has 4 rings (SSSR count). The fourth-order valence-corrected chi connectivity index (χ4v) is 3.95. The highest BCUT2D eigenvalue weighted by atomic mass is 16.5. The van der Waals surface area contributed by atoms with E-state index in [1.807, 2.05) is 43.3 Å². The van der Waals surface area contributed by atoms with Gasteiger partial charge in [0, 0.05) is 24.7 Å². The van der Waals surface area contributed by atoms with Crippen molar-refractivity contribution in [3.05, 3.63) is 71.1 Å². The number of piperidine rings is 1. The van der Waals surface area contributed by atoms with Gasteiger partial charge in [-0.3, -0.25) is 9.69 Å². The lowest BCUT2D eigenvalue weighted by Crippen LogP contribution is -2.32. The minimum absolute atomic E-state index is 0.0614. The fraction of sp³-hybridized carbons (Fsp3) is 0.400. The Morgan fingerprint density at radius 1 is 1.16 bits per heavy atom. The summed E-state index contributed by atoms with van der Waals surface area (Å²) in [6.45, 7) is 7.87. The minimum Gasteiger partial charge on any atom is -0.337 e. The van der Waals surface area contributed by atoms with E-state index in [1.165, 1.54) is 18.4 Å². The summed E-state index contributed by atoms with van der Waals surface area (Å²) >= 11 is 0. The third-order valence-corrected chi connectivity index (χ3v) is 5.95. The van der Waals surface area contributed by atoms with Gasteiger partial charge in [-0.2, -0.15) is 4.98 Å². The van der Waals surface area contributed by atoms with E-state index >= 15 is 0 Å². The first kappa shape index (κ1) is 21.2. The van der Waals surface area contributed by atoms with Crippen molar-refractivity contribution in [1.82, 2.24) is 19.9 Å². The van der Waals surface area contributed by atoms with Crippen LogP contribution in [0.25, 0.3) is 11.4 Å². The normalized spacial score (nSPS) is 15.2. The SMILES string of the molecule is Cc1cccc(-c2noc(CN(C)C(=O)c3ccc(CN4CCC(C)CC4)cc3)n2)c1. The molecule has 0 spiro atoms. The van der Waals surface area contributed by atoms with Crippen LogP contribution in [0, 0.1) is 12.8 Å². The maximum absolute atomic E-state index is 12.8. The molecule has 2 heterocycles. The Morgan fingerprint density at radius 2 is 1.90 bits per heavy atom. The number of hydrogen-bond donors (Lipinski definition) is 0. The summed E-state index contributed by atoms with van der Waals surface area (Å²) in [5.74, 6) is 1.73. The first-order valence-corrected chi connectivity index (χ1v) is 10.9. The average Bonchev–Trinajstić information content (AvgIpc) is 3.24. The van der Waals surface area contributed by atoms with E-state index in [1.54, 1.807) is 11.9 Å². The van der Waals surface area contributed by atoms with Crippen LogP contribution in [0.4, 0.5) is 0 Å². The van der Waals surface area contributed by atoms with Crippen molar-refractivity contribution in [1.29, 1.82) is 0 Å². The molecule has 1 aliphatic heterocycles. The summed E-state index contributed by atoms with van der Waals surface area (Å²) in [5.41, 5.74) is 3.95. The molecule has 162 valence electrons. The van der Waals surface area contributed by atoms with Crippen LogP contribution < -0.4 is 0 Å². The van der Waals surface area contributed by atoms with Crippen LogP contribution in [-0.4, -0.2) is 46.0 Å². The molecule has 31 heavy (non-hydrogen) atoms. The number of aromatic nitrogens is 2. The van der Waals surface area contributed by atoms with Crippen LogP contribution in [0.2, 0.25) is 0 Å². The molecular weight excluding hydrogens is 388 g/mol. The van der Waals surface area contributed by atoms with Crippen LogP contribution in [0.1, 0.15) is 47.1 Å². The number of nitrogens with zero attached hydrogens (tertiary/aromatic N) is 4. The maximum atomic E-state index is 12.8. The summed E-state index contributed by atoms with van der Waals surface area (Å²) in [5, 5.41) is 4.06. The molecule has 6 heteroatoms. The summed E-state index contributed by atoms with van der Waals surface area (Å²) < 4.78 is 5.37. The lowest BCUT2D eigenvalue weighted by atomic mass is 9.99. The van der Waals surface area contributed by atoms with Gasteiger partial charge in [-0.15, -0.1) is 0 Å². The molecule has 0 N–H and O–H groups in total. The van der Waals surface area contributed by atoms with Gasteiger partial charge in [0.2, 0.25) is 11.7 Å². The second-order valence-electron chi connectivity index (χ2n) is 8.70. The standard InChI is InChI=1S/C25H30N4O2/c1-18-11-13-29(14-12-18)16-20-7-9-21(10-8-20)25(30)28(3)17-23-26-24(27-31-23)22-6-4-5-19(2)15-22/h4-10,15,18H,11-14,16-17H2,1-3H3. The van der Waals surface area contributed by atoms with Crippen LogP contribution in [0.15, 0.2) is 53.1 Å². The van der Waals surface area contributed by atoms with Crippen LogP contribution in [0.5, 0.6) is 0 Å². The van der Waals surface area contributed by atoms with Crippen molar-refractivity contribution in [2.24, 2.45) is 5.92 Å². The Balaban J connectivity index is 1.35. The third kappa shape index (κ3) is 5.39. The molecule has 0 atom stereocenters. The zero-order valence-electron chi connectivity index (χ0n) is 18.5. The van der Waals surface area contributed by atoms with Gasteiger partial charge in [0.05, 0.1) is 6.54 Å². The molecule has 6 nitrogen and oxygen atoms in total. The number of benzene rings is 2. The number of rotatable bonds is 6. The highest BCUT2D eigenvalue weighted by Gasteiger charge is 2.18. The number of likely N-dealkylation sites (tertiary alicyclic amines) is 1. The molecule has 1 saturated heterocycles. The highest BCUT2D eigenvalue weighted by Crippen LogP contribution is 2.20. The quantitative estimate of drug-likeness (QED) is 0.588. The minimum atomic E-state index is -0.0614. The Labute approximate surface area is 183 Å². The molecule has 0 radical (unpaired) electrons. The Bertz CT molecular complexity index is 1020. The maximum Gasteiger partial charge on any atom is 0.254 e. The summed E-state index contributed by atoms with van der Waals surface area (Å²) in [6, 6.07) is 15.9. The predicted octanol–water partition coefficient (Wildman–Crippen LogP) is 4.55. The number of carbonyl (C=O) groups is 1. The van der Waals surface area contributed by atoms with Gasteiger partial charge in [0.1, 0.15) is 0 Å². The molecular formula is C25H30N4O2. The average molecular weight is 419 g/mol. The van der Waals surface area contributed by atoms with Gasteiger partial charge < -0.3 is 9.42 Å². The summed E-state index contributed by atoms with van der Waals surface area (Å²) in [6.07, 6.45) is 2.53. The molecule has 0 unspecified atom stereocenters. The second kappa shape index (κ2) is 9.43. The molecule has 1 aliphatic rings. The van der Waals surface area contributed by atoms with Gasteiger partial charge in [0.15, 0.2) is 0 Å². The second-order valence-corrected chi connectivity index (χ2v) is 8.70. The van der Waals surface area contributed by atoms with E-state index in [9.17, 15) is 4.79 Å². The van der Waals surface area contributed by atoms with E-state index in [0.717, 1.165) is 36.7 Å². The molecule has 1 amide bonds. The fourth-order valence-electron chi connectivity index (χ4n) is 3.95. The van der Waals surface area contributed by atoms with Gasteiger partial charge in [-0.05, 0) is 62.5 Å². The molecule has 0 saturated carbocycles. The van der Waals surface area contributed by atoms with E-state index in [0.29, 0.717) is 17.3 Å². The monoisotopic (exact) mass is 418 g/mol. The van der Waals surface area contributed by atoms with Crippen molar-refractivity contribution in [3.8, 4) is 11.4 Å². The van der Waals surface area contributed by atoms with E-state index < -0.39 is 0 Å². The first-order chi connectivity index (χ1) is 15.0. The van der Waals surface area contributed by atoms with Gasteiger partial charge in [-0.1, -0.05) is 48.0 Å². The smallest absolute Gasteiger partial charge is 0.254 e. The topological polar surface area (TPSA) is 62.5 Å². The first-order valence-electron chi connectivity index (χ1n) is 10.9. The van der Waals surface area contributed by atoms with E-state index in [4.69, 9.17) is 4.52 Å². The van der Waals surface area contributed by atoms with Crippen molar-refractivity contribution < 1.29 is 9.32 Å². The van der Waals surface area contributed by atoms with E-state index in [-0.39, 0.29) is 12.5 Å². The van der Waals surface area contributed by atoms with Gasteiger partial charge in [-0.25, -0.2) is 0 Å². The van der Waals surface area contributed by atoms with Gasteiger partial charge in [0.25, 0.3) is 5.91 Å². The predicted molar refractivity (Wildman–Crippen MR) is 120 cm³/mol. The lowest BCUT2D eigenvalue weighted by molar-refractivity contribution is 0.0769. The van der Waals surface area contributed by atoms with Crippen molar-refractivity contribution in [2.75, 3.05) is 20.1 Å². The molecule has 0 aliphatic carbocycles. The van der Waals surface area contributed by atoms with E-state index in [2.05, 4.69) is 34.1 Å². The highest BCUT2D eigenvalue weighted by molar-refractivity contribution is 5.94. The molecule has 1 fully saturated rings. The lowest BCUT2D eigenvalue weighted by Gasteiger charge is -2.30. The van der Waals surface area contributed by atoms with Crippen LogP contribution in [-0.2, 0) is 13.1 Å². The van der Waals surface area contributed by atoms with Crippen molar-refractivity contribution >= 4 is 5.91 Å². The molecule has 2 aromatic carbocycles. The molecule has 0 bridgehead atoms. The van der Waals surface area contributed by atoms with Crippen molar-refractivity contribution in [3.63, 3.8) is 0 Å². The zero-order chi connectivity index (χ0) is 21.8. The van der Waals surface area contributed by atoms with Crippen LogP contribution >= 0.6 is 0 Å². The Kier molecular flexibility index (Phi) is 6.47. The van der Waals surface area contributed by atoms with Gasteiger partial charge >= 0.3 is 0 Å². The number of aryl methyl sites for hydroxylation is 1. The Hall–Kier alpha value is -2.99. The largest absolute Gasteiger partial charge is 0.337 e. The summed E-state index contributed by atoms with van der Waals surface area (Å²) in [7, 11) is 1.75. The zero-order valence-corrected chi connectivity index (χ0v) is 18.5. The number of amides is 1. The number of hydrogen-bond acceptors (Lipinski definition) is 5. The summed E-state index contributed by atoms with van der Waals surface area (Å²) in [4.78, 5) is 21.4. The number of carbonyl (C=O) groups excluding carboxylic acids is 1. The Morgan fingerprint density at radius 3 is 2.61 bits per heavy atom.